The Bertz CT molecular complexity index is 644. The molecule has 0 aliphatic carbocycles. The molecule has 2 aromatic rings. The van der Waals surface area contributed by atoms with E-state index in [0.717, 1.165) is 12.2 Å². The lowest BCUT2D eigenvalue weighted by atomic mass is 9.85. The Morgan fingerprint density at radius 1 is 1.05 bits per heavy atom. The van der Waals surface area contributed by atoms with Gasteiger partial charge in [-0.15, -0.1) is 0 Å². The van der Waals surface area contributed by atoms with Crippen LogP contribution in [0.5, 0.6) is 11.5 Å². The van der Waals surface area contributed by atoms with Crippen molar-refractivity contribution in [2.24, 2.45) is 0 Å². The first-order valence-electron chi connectivity index (χ1n) is 7.17. The van der Waals surface area contributed by atoms with Crippen LogP contribution in [0.2, 0.25) is 5.02 Å². The molecule has 0 spiro atoms. The average molecular weight is 304 g/mol. The monoisotopic (exact) mass is 303 g/mol. The minimum atomic E-state index is -0.00610. The fourth-order valence-corrected chi connectivity index (χ4v) is 2.35. The summed E-state index contributed by atoms with van der Waals surface area (Å²) in [7, 11) is 0. The Labute approximate surface area is 131 Å². The van der Waals surface area contributed by atoms with Gasteiger partial charge in [-0.25, -0.2) is 0 Å². The van der Waals surface area contributed by atoms with Crippen LogP contribution in [0.4, 0.5) is 5.69 Å². The molecule has 0 saturated heterocycles. The number of hydrogen-bond donors (Lipinski definition) is 1. The number of nitrogens with two attached hydrogens (primary N) is 1. The second kappa shape index (κ2) is 5.98. The topological polar surface area (TPSA) is 35.2 Å². The molecule has 0 heterocycles. The van der Waals surface area contributed by atoms with Crippen molar-refractivity contribution in [2.75, 3.05) is 5.73 Å². The SMILES string of the molecule is CCc1ccc(Oc2cc(Cl)ccc2N)c(C(C)(C)C)c1. The van der Waals surface area contributed by atoms with Crippen molar-refractivity contribution in [1.82, 2.24) is 0 Å². The molecule has 0 saturated carbocycles. The van der Waals surface area contributed by atoms with Gasteiger partial charge in [0, 0.05) is 16.7 Å². The Balaban J connectivity index is 2.46. The number of nitrogen functional groups attached to an aromatic ring is 1. The molecular weight excluding hydrogens is 282 g/mol. The highest BCUT2D eigenvalue weighted by molar-refractivity contribution is 6.30. The van der Waals surface area contributed by atoms with E-state index in [9.17, 15) is 0 Å². The van der Waals surface area contributed by atoms with Crippen molar-refractivity contribution in [1.29, 1.82) is 0 Å². The first kappa shape index (κ1) is 15.7. The van der Waals surface area contributed by atoms with Gasteiger partial charge in [-0.3, -0.25) is 0 Å². The van der Waals surface area contributed by atoms with Crippen molar-refractivity contribution in [3.8, 4) is 11.5 Å². The summed E-state index contributed by atoms with van der Waals surface area (Å²) in [5.74, 6) is 1.42. The van der Waals surface area contributed by atoms with Gasteiger partial charge >= 0.3 is 0 Å². The summed E-state index contributed by atoms with van der Waals surface area (Å²) in [4.78, 5) is 0. The zero-order valence-corrected chi connectivity index (χ0v) is 13.8. The summed E-state index contributed by atoms with van der Waals surface area (Å²) in [6.07, 6.45) is 1.00. The van der Waals surface area contributed by atoms with E-state index in [1.165, 1.54) is 11.1 Å². The first-order valence-corrected chi connectivity index (χ1v) is 7.55. The molecule has 112 valence electrons. The maximum absolute atomic E-state index is 6.04. The zero-order chi connectivity index (χ0) is 15.6. The Kier molecular flexibility index (Phi) is 4.48. The summed E-state index contributed by atoms with van der Waals surface area (Å²) in [5, 5.41) is 0.613. The molecule has 0 bridgehead atoms. The highest BCUT2D eigenvalue weighted by atomic mass is 35.5. The Morgan fingerprint density at radius 2 is 1.76 bits per heavy atom. The zero-order valence-electron chi connectivity index (χ0n) is 13.0. The normalized spacial score (nSPS) is 11.5. The van der Waals surface area contributed by atoms with Gasteiger partial charge in [0.2, 0.25) is 0 Å². The number of benzene rings is 2. The van der Waals surface area contributed by atoms with Gasteiger partial charge in [-0.1, -0.05) is 51.4 Å². The predicted molar refractivity (Wildman–Crippen MR) is 90.5 cm³/mol. The van der Waals surface area contributed by atoms with Crippen LogP contribution in [0.3, 0.4) is 0 Å². The average Bonchev–Trinajstić information content (AvgIpc) is 2.42. The minimum Gasteiger partial charge on any atom is -0.455 e. The van der Waals surface area contributed by atoms with Crippen molar-refractivity contribution >= 4 is 17.3 Å². The molecule has 0 aromatic heterocycles. The standard InChI is InChI=1S/C18H22ClNO/c1-5-12-6-9-16(14(10-12)18(2,3)4)21-17-11-13(19)7-8-15(17)20/h6-11H,5,20H2,1-4H3. The third-order valence-corrected chi connectivity index (χ3v) is 3.69. The third-order valence-electron chi connectivity index (χ3n) is 3.46. The van der Waals surface area contributed by atoms with Gasteiger partial charge in [0.25, 0.3) is 0 Å². The molecule has 0 atom stereocenters. The van der Waals surface area contributed by atoms with Gasteiger partial charge in [-0.2, -0.15) is 0 Å². The lowest BCUT2D eigenvalue weighted by Crippen LogP contribution is -2.13. The van der Waals surface area contributed by atoms with Crippen molar-refractivity contribution in [3.63, 3.8) is 0 Å². The molecule has 0 unspecified atom stereocenters. The van der Waals surface area contributed by atoms with E-state index in [2.05, 4.69) is 39.8 Å². The second-order valence-electron chi connectivity index (χ2n) is 6.22. The van der Waals surface area contributed by atoms with E-state index in [0.29, 0.717) is 16.5 Å². The summed E-state index contributed by atoms with van der Waals surface area (Å²) in [6, 6.07) is 11.6. The van der Waals surface area contributed by atoms with E-state index in [1.54, 1.807) is 18.2 Å². The lowest BCUT2D eigenvalue weighted by Gasteiger charge is -2.24. The number of rotatable bonds is 3. The van der Waals surface area contributed by atoms with Crippen LogP contribution in [0.25, 0.3) is 0 Å². The minimum absolute atomic E-state index is 0.00610. The molecule has 2 N–H and O–H groups in total. The highest BCUT2D eigenvalue weighted by Gasteiger charge is 2.20. The van der Waals surface area contributed by atoms with Gasteiger partial charge in [0.05, 0.1) is 5.69 Å². The number of ether oxygens (including phenoxy) is 1. The van der Waals surface area contributed by atoms with Gasteiger partial charge in [-0.05, 0) is 35.6 Å². The molecule has 21 heavy (non-hydrogen) atoms. The quantitative estimate of drug-likeness (QED) is 0.752. The van der Waals surface area contributed by atoms with Crippen molar-refractivity contribution in [2.45, 2.75) is 39.5 Å². The molecule has 2 rings (SSSR count). The maximum Gasteiger partial charge on any atom is 0.151 e. The largest absolute Gasteiger partial charge is 0.455 e. The summed E-state index contributed by atoms with van der Waals surface area (Å²) < 4.78 is 6.04. The molecule has 3 heteroatoms. The molecule has 0 aliphatic heterocycles. The number of hydrogen-bond acceptors (Lipinski definition) is 2. The fraction of sp³-hybridized carbons (Fsp3) is 0.333. The molecular formula is C18H22ClNO. The number of halogens is 1. The van der Waals surface area contributed by atoms with E-state index in [1.807, 2.05) is 6.07 Å². The van der Waals surface area contributed by atoms with Crippen LogP contribution in [-0.4, -0.2) is 0 Å². The molecule has 0 fully saturated rings. The Morgan fingerprint density at radius 3 is 2.38 bits per heavy atom. The van der Waals surface area contributed by atoms with Crippen molar-refractivity contribution < 1.29 is 4.74 Å². The van der Waals surface area contributed by atoms with Crippen LogP contribution >= 0.6 is 11.6 Å². The van der Waals surface area contributed by atoms with Gasteiger partial charge in [0.15, 0.2) is 5.75 Å². The van der Waals surface area contributed by atoms with Crippen LogP contribution in [0.15, 0.2) is 36.4 Å². The highest BCUT2D eigenvalue weighted by Crippen LogP contribution is 2.37. The lowest BCUT2D eigenvalue weighted by molar-refractivity contribution is 0.457. The molecule has 0 radical (unpaired) electrons. The second-order valence-corrected chi connectivity index (χ2v) is 6.65. The maximum atomic E-state index is 6.04. The van der Waals surface area contributed by atoms with Crippen LogP contribution in [0, 0.1) is 0 Å². The van der Waals surface area contributed by atoms with E-state index in [4.69, 9.17) is 22.1 Å². The molecule has 0 aliphatic rings. The van der Waals surface area contributed by atoms with Crippen LogP contribution in [0.1, 0.15) is 38.8 Å². The van der Waals surface area contributed by atoms with Crippen molar-refractivity contribution in [3.05, 3.63) is 52.5 Å². The molecule has 2 nitrogen and oxygen atoms in total. The van der Waals surface area contributed by atoms with E-state index in [-0.39, 0.29) is 5.41 Å². The van der Waals surface area contributed by atoms with Crippen LogP contribution < -0.4 is 10.5 Å². The van der Waals surface area contributed by atoms with E-state index >= 15 is 0 Å². The van der Waals surface area contributed by atoms with E-state index < -0.39 is 0 Å². The fourth-order valence-electron chi connectivity index (χ4n) is 2.19. The summed E-state index contributed by atoms with van der Waals surface area (Å²) >= 11 is 6.02. The number of anilines is 1. The molecule has 0 amide bonds. The number of aryl methyl sites for hydroxylation is 1. The third kappa shape index (κ3) is 3.70. The Hall–Kier alpha value is -1.67. The van der Waals surface area contributed by atoms with Crippen LogP contribution in [-0.2, 0) is 11.8 Å². The molecule has 2 aromatic carbocycles. The van der Waals surface area contributed by atoms with Gasteiger partial charge in [0.1, 0.15) is 5.75 Å². The summed E-state index contributed by atoms with van der Waals surface area (Å²) in [6.45, 7) is 8.68. The van der Waals surface area contributed by atoms with Gasteiger partial charge < -0.3 is 10.5 Å². The predicted octanol–water partition coefficient (Wildman–Crippen LogP) is 5.57. The summed E-state index contributed by atoms with van der Waals surface area (Å²) in [5.41, 5.74) is 9.01. The smallest absolute Gasteiger partial charge is 0.151 e. The first-order chi connectivity index (χ1) is 9.81.